The minimum atomic E-state index is -4.87. The lowest BCUT2D eigenvalue weighted by molar-refractivity contribution is -0.187. The van der Waals surface area contributed by atoms with Crippen molar-refractivity contribution in [2.45, 2.75) is 12.6 Å². The first-order valence-corrected chi connectivity index (χ1v) is 7.03. The highest BCUT2D eigenvalue weighted by Gasteiger charge is 2.43. The van der Waals surface area contributed by atoms with Gasteiger partial charge in [0.05, 0.1) is 6.42 Å². The molecular weight excluding hydrogens is 321 g/mol. The lowest BCUT2D eigenvalue weighted by Crippen LogP contribution is -2.53. The Bertz CT molecular complexity index is 569. The van der Waals surface area contributed by atoms with Crippen LogP contribution in [0.5, 0.6) is 0 Å². The molecule has 0 aromatic heterocycles. The molecule has 1 heterocycles. The van der Waals surface area contributed by atoms with Crippen LogP contribution in [0.3, 0.4) is 0 Å². The van der Waals surface area contributed by atoms with Crippen LogP contribution in [0.1, 0.15) is 5.56 Å². The predicted octanol–water partition coefficient (Wildman–Crippen LogP) is 2.12. The molecule has 0 aliphatic carbocycles. The molecule has 0 radical (unpaired) electrons. The van der Waals surface area contributed by atoms with Crippen molar-refractivity contribution >= 4 is 23.4 Å². The topological polar surface area (TPSA) is 40.6 Å². The van der Waals surface area contributed by atoms with Crippen LogP contribution in [0.4, 0.5) is 13.2 Å². The molecule has 2 rings (SSSR count). The van der Waals surface area contributed by atoms with Crippen LogP contribution in [0.2, 0.25) is 5.02 Å². The summed E-state index contributed by atoms with van der Waals surface area (Å²) in [6.45, 7) is -0.0261. The van der Waals surface area contributed by atoms with E-state index in [-0.39, 0.29) is 38.5 Å². The highest BCUT2D eigenvalue weighted by atomic mass is 35.5. The van der Waals surface area contributed by atoms with Gasteiger partial charge in [-0.05, 0) is 17.7 Å². The van der Waals surface area contributed by atoms with Gasteiger partial charge in [-0.25, -0.2) is 0 Å². The number of hydrogen-bond acceptors (Lipinski definition) is 2. The molecule has 1 saturated heterocycles. The van der Waals surface area contributed by atoms with Gasteiger partial charge in [0.15, 0.2) is 0 Å². The van der Waals surface area contributed by atoms with Gasteiger partial charge in [0.25, 0.3) is 0 Å². The lowest BCUT2D eigenvalue weighted by Gasteiger charge is -2.35. The molecule has 0 unspecified atom stereocenters. The predicted molar refractivity (Wildman–Crippen MR) is 74.4 cm³/mol. The summed E-state index contributed by atoms with van der Waals surface area (Å²) in [4.78, 5) is 25.4. The van der Waals surface area contributed by atoms with Crippen molar-refractivity contribution in [3.8, 4) is 0 Å². The van der Waals surface area contributed by atoms with Crippen LogP contribution < -0.4 is 0 Å². The van der Waals surface area contributed by atoms with E-state index in [1.165, 1.54) is 4.90 Å². The second-order valence-corrected chi connectivity index (χ2v) is 5.41. The van der Waals surface area contributed by atoms with Crippen molar-refractivity contribution in [1.82, 2.24) is 9.80 Å². The minimum Gasteiger partial charge on any atom is -0.339 e. The smallest absolute Gasteiger partial charge is 0.339 e. The van der Waals surface area contributed by atoms with Crippen molar-refractivity contribution in [3.05, 3.63) is 34.9 Å². The van der Waals surface area contributed by atoms with Gasteiger partial charge in [-0.1, -0.05) is 23.7 Å². The molecule has 0 saturated carbocycles. The number of rotatable bonds is 2. The number of hydrogen-bond donors (Lipinski definition) is 0. The van der Waals surface area contributed by atoms with Crippen molar-refractivity contribution < 1.29 is 22.8 Å². The molecule has 1 aliphatic heterocycles. The van der Waals surface area contributed by atoms with Crippen molar-refractivity contribution in [2.24, 2.45) is 0 Å². The average Bonchev–Trinajstić information content (AvgIpc) is 2.45. The zero-order chi connectivity index (χ0) is 16.3. The maximum atomic E-state index is 12.3. The Morgan fingerprint density at radius 2 is 1.68 bits per heavy atom. The van der Waals surface area contributed by atoms with Crippen LogP contribution >= 0.6 is 11.6 Å². The Labute approximate surface area is 130 Å². The normalized spacial score (nSPS) is 15.8. The highest BCUT2D eigenvalue weighted by molar-refractivity contribution is 6.30. The Hall–Kier alpha value is -1.76. The van der Waals surface area contributed by atoms with Gasteiger partial charge in [-0.2, -0.15) is 13.2 Å². The number of benzene rings is 1. The van der Waals surface area contributed by atoms with E-state index < -0.39 is 12.1 Å². The van der Waals surface area contributed by atoms with E-state index in [0.29, 0.717) is 5.02 Å². The van der Waals surface area contributed by atoms with Gasteiger partial charge < -0.3 is 9.80 Å². The summed E-state index contributed by atoms with van der Waals surface area (Å²) in [7, 11) is 0. The second-order valence-electron chi connectivity index (χ2n) is 4.98. The van der Waals surface area contributed by atoms with Gasteiger partial charge in [0.2, 0.25) is 5.91 Å². The summed E-state index contributed by atoms with van der Waals surface area (Å²) in [6, 6.07) is 6.85. The summed E-state index contributed by atoms with van der Waals surface area (Å²) in [5.74, 6) is -2.05. The quantitative estimate of drug-likeness (QED) is 0.831. The van der Waals surface area contributed by atoms with E-state index in [1.807, 2.05) is 0 Å². The third-order valence-corrected chi connectivity index (χ3v) is 3.64. The first-order valence-electron chi connectivity index (χ1n) is 6.65. The van der Waals surface area contributed by atoms with Crippen molar-refractivity contribution in [2.75, 3.05) is 26.2 Å². The molecule has 2 amide bonds. The number of piperazine rings is 1. The molecule has 8 heteroatoms. The van der Waals surface area contributed by atoms with Crippen LogP contribution in [-0.2, 0) is 16.0 Å². The number of alkyl halides is 3. The van der Waals surface area contributed by atoms with Crippen molar-refractivity contribution in [1.29, 1.82) is 0 Å². The Kier molecular flexibility index (Phi) is 4.95. The second kappa shape index (κ2) is 6.56. The lowest BCUT2D eigenvalue weighted by atomic mass is 10.1. The number of halogens is 4. The number of nitrogens with zero attached hydrogens (tertiary/aromatic N) is 2. The Balaban J connectivity index is 1.89. The largest absolute Gasteiger partial charge is 0.471 e. The molecule has 22 heavy (non-hydrogen) atoms. The van der Waals surface area contributed by atoms with E-state index in [2.05, 4.69) is 0 Å². The van der Waals surface area contributed by atoms with Crippen LogP contribution in [-0.4, -0.2) is 54.0 Å². The summed E-state index contributed by atoms with van der Waals surface area (Å²) in [5.41, 5.74) is 0.742. The minimum absolute atomic E-state index is 0.0984. The van der Waals surface area contributed by atoms with Crippen LogP contribution in [0.25, 0.3) is 0 Å². The van der Waals surface area contributed by atoms with E-state index in [9.17, 15) is 22.8 Å². The SMILES string of the molecule is O=C(Cc1cccc(Cl)c1)N1CCN(C(=O)C(F)(F)F)CC1. The maximum absolute atomic E-state index is 12.3. The standard InChI is InChI=1S/C14H14ClF3N2O2/c15-11-3-1-2-10(8-11)9-12(21)19-4-6-20(7-5-19)13(22)14(16,17)18/h1-3,8H,4-7,9H2. The van der Waals surface area contributed by atoms with Crippen LogP contribution in [0.15, 0.2) is 24.3 Å². The maximum Gasteiger partial charge on any atom is 0.471 e. The van der Waals surface area contributed by atoms with E-state index in [0.717, 1.165) is 10.5 Å². The van der Waals surface area contributed by atoms with Gasteiger partial charge in [0.1, 0.15) is 0 Å². The molecular formula is C14H14ClF3N2O2. The fourth-order valence-electron chi connectivity index (χ4n) is 2.27. The fraction of sp³-hybridized carbons (Fsp3) is 0.429. The van der Waals surface area contributed by atoms with E-state index in [4.69, 9.17) is 11.6 Å². The molecule has 0 atom stereocenters. The molecule has 0 N–H and O–H groups in total. The first kappa shape index (κ1) is 16.6. The zero-order valence-corrected chi connectivity index (χ0v) is 12.3. The van der Waals surface area contributed by atoms with Crippen LogP contribution in [0, 0.1) is 0 Å². The number of carbonyl (C=O) groups excluding carboxylic acids is 2. The molecule has 1 aliphatic rings. The third-order valence-electron chi connectivity index (χ3n) is 3.41. The molecule has 1 aromatic carbocycles. The number of amides is 2. The fourth-order valence-corrected chi connectivity index (χ4v) is 2.48. The Morgan fingerprint density at radius 3 is 2.23 bits per heavy atom. The van der Waals surface area contributed by atoms with E-state index >= 15 is 0 Å². The van der Waals surface area contributed by atoms with Gasteiger partial charge >= 0.3 is 12.1 Å². The molecule has 120 valence electrons. The zero-order valence-electron chi connectivity index (χ0n) is 11.6. The summed E-state index contributed by atoms with van der Waals surface area (Å²) in [6.07, 6.45) is -4.74. The third kappa shape index (κ3) is 4.13. The highest BCUT2D eigenvalue weighted by Crippen LogP contribution is 2.20. The van der Waals surface area contributed by atoms with Crippen molar-refractivity contribution in [3.63, 3.8) is 0 Å². The molecule has 1 aromatic rings. The molecule has 1 fully saturated rings. The van der Waals surface area contributed by atoms with Gasteiger partial charge in [0, 0.05) is 31.2 Å². The van der Waals surface area contributed by atoms with Gasteiger partial charge in [-0.15, -0.1) is 0 Å². The molecule has 0 bridgehead atoms. The number of carbonyl (C=O) groups is 2. The summed E-state index contributed by atoms with van der Waals surface area (Å²) < 4.78 is 37.0. The monoisotopic (exact) mass is 334 g/mol. The Morgan fingerprint density at radius 1 is 1.09 bits per heavy atom. The summed E-state index contributed by atoms with van der Waals surface area (Å²) >= 11 is 5.84. The molecule has 0 spiro atoms. The van der Waals surface area contributed by atoms with Gasteiger partial charge in [-0.3, -0.25) is 9.59 Å². The molecule has 4 nitrogen and oxygen atoms in total. The average molecular weight is 335 g/mol. The summed E-state index contributed by atoms with van der Waals surface area (Å²) in [5, 5.41) is 0.519. The first-order chi connectivity index (χ1) is 10.3. The van der Waals surface area contributed by atoms with E-state index in [1.54, 1.807) is 24.3 Å².